The lowest BCUT2D eigenvalue weighted by atomic mass is 10.8. The van der Waals surface area contributed by atoms with Crippen LogP contribution in [-0.2, 0) is 4.84 Å². The van der Waals surface area contributed by atoms with Gasteiger partial charge in [0.15, 0.2) is 0 Å². The number of nitrogens with zero attached hydrogens (tertiary/aromatic N) is 2. The van der Waals surface area contributed by atoms with Crippen LogP contribution in [0.25, 0.3) is 0 Å². The molecule has 0 aromatic carbocycles. The molecule has 0 bridgehead atoms. The fourth-order valence-corrected chi connectivity index (χ4v) is 0.358. The fourth-order valence-electron chi connectivity index (χ4n) is 0.358. The molecule has 0 aromatic heterocycles. The Labute approximate surface area is 47.9 Å². The van der Waals surface area contributed by atoms with Crippen LogP contribution in [0.3, 0.4) is 0 Å². The Balaban J connectivity index is 1.93. The maximum absolute atomic E-state index is 4.32. The molecule has 0 heterocycles. The van der Waals surface area contributed by atoms with Crippen molar-refractivity contribution in [3.8, 4) is 0 Å². The van der Waals surface area contributed by atoms with E-state index in [1.807, 2.05) is 0 Å². The number of hydrogen-bond donors (Lipinski definition) is 1. The Bertz CT molecular complexity index is 89.3. The second kappa shape index (κ2) is 2.49. The molecular weight excluding hydrogens is 106 g/mol. The lowest BCUT2D eigenvalue weighted by Crippen LogP contribution is -2.05. The molecule has 4 nitrogen and oxygen atoms in total. The molecular formula is C4H9N3O. The summed E-state index contributed by atoms with van der Waals surface area (Å²) in [4.78, 5) is 4.32. The molecule has 1 saturated carbocycles. The molecule has 0 saturated heterocycles. The van der Waals surface area contributed by atoms with E-state index in [1.165, 1.54) is 20.0 Å². The molecule has 0 radical (unpaired) electrons. The van der Waals surface area contributed by atoms with E-state index < -0.39 is 0 Å². The molecule has 0 unspecified atom stereocenters. The van der Waals surface area contributed by atoms with Gasteiger partial charge in [-0.25, -0.2) is 0 Å². The summed E-state index contributed by atoms with van der Waals surface area (Å²) in [5.74, 6) is 0. The lowest BCUT2D eigenvalue weighted by Gasteiger charge is -1.88. The van der Waals surface area contributed by atoms with Crippen LogP contribution in [0.1, 0.15) is 12.8 Å². The van der Waals surface area contributed by atoms with E-state index in [-0.39, 0.29) is 0 Å². The normalized spacial score (nSPS) is 19.1. The van der Waals surface area contributed by atoms with E-state index in [0.29, 0.717) is 6.04 Å². The van der Waals surface area contributed by atoms with Crippen LogP contribution >= 0.6 is 0 Å². The second-order valence-electron chi connectivity index (χ2n) is 1.77. The summed E-state index contributed by atoms with van der Waals surface area (Å²) < 4.78 is 0. The summed E-state index contributed by atoms with van der Waals surface area (Å²) in [5, 5.41) is 6.77. The van der Waals surface area contributed by atoms with Crippen molar-refractivity contribution >= 4 is 0 Å². The maximum Gasteiger partial charge on any atom is 0.108 e. The highest BCUT2D eigenvalue weighted by molar-refractivity contribution is 4.78. The van der Waals surface area contributed by atoms with Gasteiger partial charge in [0.2, 0.25) is 0 Å². The second-order valence-corrected chi connectivity index (χ2v) is 1.77. The van der Waals surface area contributed by atoms with Gasteiger partial charge in [-0.15, -0.1) is 0 Å². The highest BCUT2D eigenvalue weighted by Crippen LogP contribution is 2.18. The van der Waals surface area contributed by atoms with Crippen molar-refractivity contribution in [2.45, 2.75) is 18.9 Å². The zero-order chi connectivity index (χ0) is 5.82. The van der Waals surface area contributed by atoms with Crippen LogP contribution in [0.15, 0.2) is 10.5 Å². The van der Waals surface area contributed by atoms with Crippen molar-refractivity contribution in [3.63, 3.8) is 0 Å². The molecule has 0 amide bonds. The third-order valence-electron chi connectivity index (χ3n) is 0.940. The molecule has 1 N–H and O–H groups in total. The maximum atomic E-state index is 4.32. The molecule has 0 spiro atoms. The third-order valence-corrected chi connectivity index (χ3v) is 0.940. The van der Waals surface area contributed by atoms with Crippen LogP contribution in [-0.4, -0.2) is 13.2 Å². The Morgan fingerprint density at radius 2 is 2.38 bits per heavy atom. The molecule has 1 fully saturated rings. The van der Waals surface area contributed by atoms with Crippen molar-refractivity contribution in [2.75, 3.05) is 7.11 Å². The summed E-state index contributed by atoms with van der Waals surface area (Å²) in [6.45, 7) is 0. The summed E-state index contributed by atoms with van der Waals surface area (Å²) >= 11 is 0. The minimum Gasteiger partial charge on any atom is -0.382 e. The van der Waals surface area contributed by atoms with E-state index in [1.54, 1.807) is 0 Å². The Kier molecular flexibility index (Phi) is 1.66. The van der Waals surface area contributed by atoms with Gasteiger partial charge < -0.3 is 4.84 Å². The van der Waals surface area contributed by atoms with E-state index in [9.17, 15) is 0 Å². The standard InChI is InChI=1S/C4H9N3O/c1-8-7-6-5-4-2-3-4/h4H,2-3H2,1H3,(H,5,7). The quantitative estimate of drug-likeness (QED) is 0.434. The molecule has 46 valence electrons. The van der Waals surface area contributed by atoms with E-state index in [2.05, 4.69) is 20.8 Å². The van der Waals surface area contributed by atoms with E-state index >= 15 is 0 Å². The van der Waals surface area contributed by atoms with E-state index in [4.69, 9.17) is 0 Å². The molecule has 0 aromatic rings. The molecule has 1 rings (SSSR count). The number of rotatable bonds is 3. The van der Waals surface area contributed by atoms with Gasteiger partial charge in [-0.1, -0.05) is 0 Å². The molecule has 1 aliphatic rings. The number of nitrogens with one attached hydrogen (secondary N) is 1. The zero-order valence-corrected chi connectivity index (χ0v) is 4.79. The first-order chi connectivity index (χ1) is 3.93. The topological polar surface area (TPSA) is 46.0 Å². The summed E-state index contributed by atoms with van der Waals surface area (Å²) in [6, 6.07) is 0.564. The average Bonchev–Trinajstić information content (AvgIpc) is 2.51. The summed E-state index contributed by atoms with van der Waals surface area (Å²) in [5.41, 5.74) is 2.79. The van der Waals surface area contributed by atoms with Crippen molar-refractivity contribution < 1.29 is 4.84 Å². The SMILES string of the molecule is CO/N=N\NC1CC1. The van der Waals surface area contributed by atoms with Gasteiger partial charge in [-0.2, -0.15) is 0 Å². The monoisotopic (exact) mass is 115 g/mol. The van der Waals surface area contributed by atoms with Crippen LogP contribution in [0.2, 0.25) is 0 Å². The zero-order valence-electron chi connectivity index (χ0n) is 4.79. The largest absolute Gasteiger partial charge is 0.382 e. The van der Waals surface area contributed by atoms with Gasteiger partial charge in [0, 0.05) is 11.3 Å². The molecule has 1 aliphatic carbocycles. The van der Waals surface area contributed by atoms with Crippen LogP contribution < -0.4 is 5.43 Å². The average molecular weight is 115 g/mol. The van der Waals surface area contributed by atoms with Crippen LogP contribution in [0.5, 0.6) is 0 Å². The smallest absolute Gasteiger partial charge is 0.108 e. The van der Waals surface area contributed by atoms with Crippen molar-refractivity contribution in [1.82, 2.24) is 5.43 Å². The van der Waals surface area contributed by atoms with E-state index in [0.717, 1.165) is 0 Å². The summed E-state index contributed by atoms with van der Waals surface area (Å²) in [6.07, 6.45) is 2.42. The molecule has 4 heteroatoms. The van der Waals surface area contributed by atoms with Gasteiger partial charge in [0.05, 0.1) is 0 Å². The first-order valence-electron chi connectivity index (χ1n) is 2.62. The van der Waals surface area contributed by atoms with Crippen molar-refractivity contribution in [1.29, 1.82) is 0 Å². The van der Waals surface area contributed by atoms with Gasteiger partial charge in [-0.05, 0) is 18.1 Å². The molecule has 8 heavy (non-hydrogen) atoms. The van der Waals surface area contributed by atoms with Crippen LogP contribution in [0, 0.1) is 0 Å². The Morgan fingerprint density at radius 1 is 1.62 bits per heavy atom. The highest BCUT2D eigenvalue weighted by Gasteiger charge is 2.19. The van der Waals surface area contributed by atoms with Crippen molar-refractivity contribution in [2.24, 2.45) is 10.5 Å². The Morgan fingerprint density at radius 3 is 2.88 bits per heavy atom. The Hall–Kier alpha value is -0.800. The first kappa shape index (κ1) is 5.34. The minimum absolute atomic E-state index is 0.564. The van der Waals surface area contributed by atoms with Crippen LogP contribution in [0.4, 0.5) is 0 Å². The molecule has 0 aliphatic heterocycles. The van der Waals surface area contributed by atoms with Gasteiger partial charge >= 0.3 is 0 Å². The highest BCUT2D eigenvalue weighted by atomic mass is 16.6. The lowest BCUT2D eigenvalue weighted by molar-refractivity contribution is 0.179. The van der Waals surface area contributed by atoms with Gasteiger partial charge in [0.25, 0.3) is 0 Å². The fraction of sp³-hybridized carbons (Fsp3) is 1.00. The van der Waals surface area contributed by atoms with Gasteiger partial charge in [-0.3, -0.25) is 5.43 Å². The number of hydrogen-bond acceptors (Lipinski definition) is 3. The predicted octanol–water partition coefficient (Wildman–Crippen LogP) is 0.667. The minimum atomic E-state index is 0.564. The first-order valence-corrected chi connectivity index (χ1v) is 2.62. The molecule has 0 atom stereocenters. The predicted molar refractivity (Wildman–Crippen MR) is 28.0 cm³/mol. The third kappa shape index (κ3) is 1.77. The summed E-state index contributed by atoms with van der Waals surface area (Å²) in [7, 11) is 1.47. The van der Waals surface area contributed by atoms with Crippen molar-refractivity contribution in [3.05, 3.63) is 0 Å². The van der Waals surface area contributed by atoms with Gasteiger partial charge in [0.1, 0.15) is 7.11 Å².